The molecule has 0 aliphatic heterocycles. The van der Waals surface area contributed by atoms with E-state index in [1.165, 1.54) is 6.07 Å². The van der Waals surface area contributed by atoms with Gasteiger partial charge in [-0.1, -0.05) is 30.3 Å². The second-order valence-corrected chi connectivity index (χ2v) is 5.10. The Morgan fingerprint density at radius 1 is 1.05 bits per heavy atom. The van der Waals surface area contributed by atoms with E-state index in [2.05, 4.69) is 20.9 Å². The van der Waals surface area contributed by atoms with Gasteiger partial charge in [0, 0.05) is 22.7 Å². The van der Waals surface area contributed by atoms with Crippen LogP contribution in [0.3, 0.4) is 0 Å². The van der Waals surface area contributed by atoms with Gasteiger partial charge in [0.05, 0.1) is 15.7 Å². The van der Waals surface area contributed by atoms with Crippen molar-refractivity contribution in [3.63, 3.8) is 0 Å². The van der Waals surface area contributed by atoms with E-state index in [1.807, 2.05) is 36.4 Å². The van der Waals surface area contributed by atoms with Crippen LogP contribution in [0.4, 0.5) is 10.1 Å². The van der Waals surface area contributed by atoms with Gasteiger partial charge in [-0.3, -0.25) is 0 Å². The number of hydrogen-bond donors (Lipinski definition) is 1. The van der Waals surface area contributed by atoms with Crippen LogP contribution < -0.4 is 5.73 Å². The highest BCUT2D eigenvalue weighted by Gasteiger charge is 2.08. The smallest absolute Gasteiger partial charge is 0.139 e. The summed E-state index contributed by atoms with van der Waals surface area (Å²) in [5.74, 6) is -0.343. The first-order chi connectivity index (χ1) is 9.15. The molecule has 1 aromatic heterocycles. The maximum atomic E-state index is 13.6. The minimum atomic E-state index is -0.343. The van der Waals surface area contributed by atoms with Gasteiger partial charge in [0.25, 0.3) is 0 Å². The van der Waals surface area contributed by atoms with Crippen molar-refractivity contribution in [2.45, 2.75) is 0 Å². The molecular weight excluding hydrogens is 307 g/mol. The molecule has 0 fully saturated rings. The zero-order valence-corrected chi connectivity index (χ0v) is 11.5. The number of pyridine rings is 1. The fourth-order valence-corrected chi connectivity index (χ4v) is 2.35. The first-order valence-corrected chi connectivity index (χ1v) is 6.55. The van der Waals surface area contributed by atoms with E-state index in [4.69, 9.17) is 5.73 Å². The highest BCUT2D eigenvalue weighted by atomic mass is 79.9. The number of aromatic nitrogens is 1. The topological polar surface area (TPSA) is 38.9 Å². The predicted octanol–water partition coefficient (Wildman–Crippen LogP) is 4.39. The summed E-state index contributed by atoms with van der Waals surface area (Å²) in [6.45, 7) is 0. The molecule has 3 rings (SSSR count). The molecule has 2 N–H and O–H groups in total. The second-order valence-electron chi connectivity index (χ2n) is 4.25. The molecule has 4 heteroatoms. The van der Waals surface area contributed by atoms with E-state index in [9.17, 15) is 4.39 Å². The monoisotopic (exact) mass is 316 g/mol. The Bertz CT molecular complexity index is 757. The fourth-order valence-electron chi connectivity index (χ4n) is 2.00. The van der Waals surface area contributed by atoms with E-state index in [-0.39, 0.29) is 5.82 Å². The van der Waals surface area contributed by atoms with Crippen LogP contribution in [0.15, 0.2) is 53.0 Å². The second kappa shape index (κ2) is 4.63. The molecule has 19 heavy (non-hydrogen) atoms. The number of nitrogen functional groups attached to an aromatic ring is 1. The van der Waals surface area contributed by atoms with Crippen LogP contribution in [0.5, 0.6) is 0 Å². The van der Waals surface area contributed by atoms with Gasteiger partial charge in [0.15, 0.2) is 0 Å². The number of hydrogen-bond acceptors (Lipinski definition) is 2. The zero-order chi connectivity index (χ0) is 13.4. The number of nitrogens with two attached hydrogens (primary N) is 1. The maximum absolute atomic E-state index is 13.6. The number of halogens is 2. The van der Waals surface area contributed by atoms with Crippen LogP contribution in [0.25, 0.3) is 22.2 Å². The van der Waals surface area contributed by atoms with Crippen LogP contribution in [0.2, 0.25) is 0 Å². The Hall–Kier alpha value is -1.94. The first kappa shape index (κ1) is 12.1. The summed E-state index contributed by atoms with van der Waals surface area (Å²) in [6.07, 6.45) is 0. The highest BCUT2D eigenvalue weighted by Crippen LogP contribution is 2.29. The first-order valence-electron chi connectivity index (χ1n) is 5.76. The molecule has 0 bridgehead atoms. The van der Waals surface area contributed by atoms with Crippen LogP contribution in [0, 0.1) is 5.82 Å². The average molecular weight is 317 g/mol. The summed E-state index contributed by atoms with van der Waals surface area (Å²) in [7, 11) is 0. The minimum Gasteiger partial charge on any atom is -0.398 e. The van der Waals surface area contributed by atoms with Crippen molar-refractivity contribution in [2.24, 2.45) is 0 Å². The number of rotatable bonds is 1. The van der Waals surface area contributed by atoms with Gasteiger partial charge in [-0.25, -0.2) is 9.37 Å². The normalized spacial score (nSPS) is 10.8. The molecular formula is C15H10BrFN2. The number of benzene rings is 2. The molecule has 0 amide bonds. The fraction of sp³-hybridized carbons (Fsp3) is 0. The Labute approximate surface area is 118 Å². The number of fused-ring (bicyclic) bond motifs is 1. The van der Waals surface area contributed by atoms with E-state index in [0.29, 0.717) is 15.7 Å². The summed E-state index contributed by atoms with van der Waals surface area (Å²) in [4.78, 5) is 4.47. The Morgan fingerprint density at radius 2 is 1.79 bits per heavy atom. The molecule has 0 saturated heterocycles. The minimum absolute atomic E-state index is 0.343. The molecule has 2 nitrogen and oxygen atoms in total. The summed E-state index contributed by atoms with van der Waals surface area (Å²) < 4.78 is 14.0. The van der Waals surface area contributed by atoms with E-state index in [0.717, 1.165) is 16.6 Å². The molecule has 0 spiro atoms. The maximum Gasteiger partial charge on any atom is 0.139 e. The van der Waals surface area contributed by atoms with E-state index >= 15 is 0 Å². The van der Waals surface area contributed by atoms with Crippen molar-refractivity contribution in [3.8, 4) is 11.3 Å². The highest BCUT2D eigenvalue weighted by molar-refractivity contribution is 9.10. The van der Waals surface area contributed by atoms with Gasteiger partial charge in [-0.05, 0) is 28.1 Å². The lowest BCUT2D eigenvalue weighted by molar-refractivity contribution is 0.623. The lowest BCUT2D eigenvalue weighted by Crippen LogP contribution is -1.94. The quantitative estimate of drug-likeness (QED) is 0.723. The van der Waals surface area contributed by atoms with Crippen LogP contribution in [-0.2, 0) is 0 Å². The molecule has 3 aromatic rings. The van der Waals surface area contributed by atoms with E-state index in [1.54, 1.807) is 6.07 Å². The van der Waals surface area contributed by atoms with Gasteiger partial charge in [0.2, 0.25) is 0 Å². The van der Waals surface area contributed by atoms with Crippen LogP contribution in [-0.4, -0.2) is 4.98 Å². The largest absolute Gasteiger partial charge is 0.398 e. The van der Waals surface area contributed by atoms with Crippen molar-refractivity contribution in [1.29, 1.82) is 0 Å². The molecule has 94 valence electrons. The van der Waals surface area contributed by atoms with Crippen molar-refractivity contribution in [3.05, 3.63) is 58.8 Å². The summed E-state index contributed by atoms with van der Waals surface area (Å²) in [5.41, 5.74) is 8.87. The van der Waals surface area contributed by atoms with Crippen molar-refractivity contribution in [2.75, 3.05) is 5.73 Å². The summed E-state index contributed by atoms with van der Waals surface area (Å²) >= 11 is 3.16. The lowest BCUT2D eigenvalue weighted by atomic mass is 10.1. The van der Waals surface area contributed by atoms with Crippen molar-refractivity contribution < 1.29 is 4.39 Å². The average Bonchev–Trinajstić information content (AvgIpc) is 2.42. The van der Waals surface area contributed by atoms with E-state index < -0.39 is 0 Å². The summed E-state index contributed by atoms with van der Waals surface area (Å²) in [5, 5.41) is 0.743. The molecule has 0 atom stereocenters. The molecule has 0 saturated carbocycles. The Kier molecular flexibility index (Phi) is 2.95. The predicted molar refractivity (Wildman–Crippen MR) is 79.2 cm³/mol. The lowest BCUT2D eigenvalue weighted by Gasteiger charge is -2.07. The van der Waals surface area contributed by atoms with Crippen LogP contribution in [0.1, 0.15) is 0 Å². The molecule has 0 aliphatic rings. The molecule has 2 aromatic carbocycles. The standard InChI is InChI=1S/C15H10BrFN2/c16-11-6-10-13(18)8-14(9-4-2-1-3-5-9)19-15(10)7-12(11)17/h1-8H,(H2,18,19). The SMILES string of the molecule is Nc1cc(-c2ccccc2)nc2cc(F)c(Br)cc12. The summed E-state index contributed by atoms with van der Waals surface area (Å²) in [6, 6.07) is 14.5. The molecule has 0 unspecified atom stereocenters. The Morgan fingerprint density at radius 3 is 2.53 bits per heavy atom. The van der Waals surface area contributed by atoms with Crippen LogP contribution >= 0.6 is 15.9 Å². The van der Waals surface area contributed by atoms with Gasteiger partial charge < -0.3 is 5.73 Å². The third-order valence-electron chi connectivity index (χ3n) is 2.95. The molecule has 0 aliphatic carbocycles. The van der Waals surface area contributed by atoms with Gasteiger partial charge in [-0.2, -0.15) is 0 Å². The van der Waals surface area contributed by atoms with Gasteiger partial charge >= 0.3 is 0 Å². The Balaban J connectivity index is 2.28. The van der Waals surface area contributed by atoms with Gasteiger partial charge in [0.1, 0.15) is 5.82 Å². The third kappa shape index (κ3) is 2.19. The van der Waals surface area contributed by atoms with Crippen molar-refractivity contribution >= 4 is 32.5 Å². The third-order valence-corrected chi connectivity index (χ3v) is 3.56. The van der Waals surface area contributed by atoms with Crippen molar-refractivity contribution in [1.82, 2.24) is 4.98 Å². The number of anilines is 1. The molecule has 1 heterocycles. The molecule has 0 radical (unpaired) electrons. The zero-order valence-electron chi connectivity index (χ0n) is 9.90. The van der Waals surface area contributed by atoms with Gasteiger partial charge in [-0.15, -0.1) is 0 Å². The number of nitrogens with zero attached hydrogens (tertiary/aromatic N) is 1.